The molecule has 0 aliphatic carbocycles. The first-order valence-corrected chi connectivity index (χ1v) is 6.66. The number of benzene rings is 1. The minimum Gasteiger partial charge on any atom is -0.349 e. The third-order valence-corrected chi connectivity index (χ3v) is 3.49. The lowest BCUT2D eigenvalue weighted by molar-refractivity contribution is -0.128. The van der Waals surface area contributed by atoms with Crippen molar-refractivity contribution in [3.05, 3.63) is 53.6 Å². The van der Waals surface area contributed by atoms with Crippen LogP contribution < -0.4 is 0 Å². The molecule has 0 spiro atoms. The van der Waals surface area contributed by atoms with Crippen LogP contribution in [0.3, 0.4) is 0 Å². The summed E-state index contributed by atoms with van der Waals surface area (Å²) in [5.41, 5.74) is 1.47. The van der Waals surface area contributed by atoms with Gasteiger partial charge in [-0.1, -0.05) is 18.2 Å². The number of nitrogens with zero attached hydrogens (tertiary/aromatic N) is 2. The highest BCUT2D eigenvalue weighted by Crippen LogP contribution is 2.19. The van der Waals surface area contributed by atoms with Gasteiger partial charge in [0.25, 0.3) is 5.91 Å². The van der Waals surface area contributed by atoms with Crippen molar-refractivity contribution in [3.8, 4) is 0 Å². The lowest BCUT2D eigenvalue weighted by Crippen LogP contribution is -2.42. The maximum atomic E-state index is 12.3. The maximum Gasteiger partial charge on any atom is 0.260 e. The number of nitrogens with one attached hydrogen (secondary N) is 1. The van der Waals surface area contributed by atoms with Gasteiger partial charge in [0, 0.05) is 30.9 Å². The SMILES string of the molecule is O=C1Cc2ccccc2C(=O)N1CCCc1ncc[nH]1. The molecule has 0 saturated heterocycles. The summed E-state index contributed by atoms with van der Waals surface area (Å²) in [6.07, 6.45) is 5.22. The van der Waals surface area contributed by atoms with Gasteiger partial charge in [0.1, 0.15) is 5.82 Å². The summed E-state index contributed by atoms with van der Waals surface area (Å²) in [7, 11) is 0. The molecular formula is C15H15N3O2. The Morgan fingerprint density at radius 3 is 2.90 bits per heavy atom. The molecule has 1 aromatic carbocycles. The number of carbonyl (C=O) groups is 2. The molecule has 2 amide bonds. The number of aromatic nitrogens is 2. The molecule has 1 aliphatic heterocycles. The smallest absolute Gasteiger partial charge is 0.260 e. The van der Waals surface area contributed by atoms with Gasteiger partial charge in [0.05, 0.1) is 6.42 Å². The Balaban J connectivity index is 1.68. The minimum absolute atomic E-state index is 0.117. The molecule has 0 radical (unpaired) electrons. The summed E-state index contributed by atoms with van der Waals surface area (Å²) in [4.78, 5) is 32.8. The summed E-state index contributed by atoms with van der Waals surface area (Å²) in [5, 5.41) is 0. The van der Waals surface area contributed by atoms with E-state index in [0.717, 1.165) is 17.8 Å². The first kappa shape index (κ1) is 12.6. The van der Waals surface area contributed by atoms with Gasteiger partial charge in [-0.3, -0.25) is 14.5 Å². The number of aromatic amines is 1. The van der Waals surface area contributed by atoms with E-state index in [1.165, 1.54) is 4.90 Å². The quantitative estimate of drug-likeness (QED) is 0.857. The van der Waals surface area contributed by atoms with Gasteiger partial charge in [0.2, 0.25) is 5.91 Å². The molecule has 1 N–H and O–H groups in total. The number of imidazole rings is 1. The van der Waals surface area contributed by atoms with E-state index in [1.54, 1.807) is 18.5 Å². The predicted octanol–water partition coefficient (Wildman–Crippen LogP) is 1.57. The zero-order valence-corrected chi connectivity index (χ0v) is 11.0. The van der Waals surface area contributed by atoms with Gasteiger partial charge in [-0.15, -0.1) is 0 Å². The van der Waals surface area contributed by atoms with Gasteiger partial charge in [-0.05, 0) is 18.1 Å². The highest BCUT2D eigenvalue weighted by Gasteiger charge is 2.29. The molecule has 1 aromatic heterocycles. The van der Waals surface area contributed by atoms with Crippen molar-refractivity contribution >= 4 is 11.8 Å². The van der Waals surface area contributed by atoms with E-state index >= 15 is 0 Å². The fourth-order valence-corrected chi connectivity index (χ4v) is 2.47. The van der Waals surface area contributed by atoms with Crippen molar-refractivity contribution in [1.82, 2.24) is 14.9 Å². The molecule has 3 rings (SSSR count). The number of H-pyrrole nitrogens is 1. The second-order valence-electron chi connectivity index (χ2n) is 4.82. The van der Waals surface area contributed by atoms with E-state index in [2.05, 4.69) is 9.97 Å². The largest absolute Gasteiger partial charge is 0.349 e. The van der Waals surface area contributed by atoms with Gasteiger partial charge in [-0.25, -0.2) is 4.98 Å². The van der Waals surface area contributed by atoms with Crippen LogP contribution in [0.1, 0.15) is 28.2 Å². The van der Waals surface area contributed by atoms with Crippen molar-refractivity contribution in [1.29, 1.82) is 0 Å². The maximum absolute atomic E-state index is 12.3. The molecular weight excluding hydrogens is 254 g/mol. The van der Waals surface area contributed by atoms with Crippen molar-refractivity contribution in [2.24, 2.45) is 0 Å². The average molecular weight is 269 g/mol. The van der Waals surface area contributed by atoms with Crippen molar-refractivity contribution in [3.63, 3.8) is 0 Å². The zero-order chi connectivity index (χ0) is 13.9. The molecule has 2 heterocycles. The molecule has 2 aromatic rings. The molecule has 20 heavy (non-hydrogen) atoms. The van der Waals surface area contributed by atoms with E-state index in [-0.39, 0.29) is 11.8 Å². The number of rotatable bonds is 4. The highest BCUT2D eigenvalue weighted by molar-refractivity contribution is 6.09. The van der Waals surface area contributed by atoms with E-state index < -0.39 is 0 Å². The zero-order valence-electron chi connectivity index (χ0n) is 11.0. The second-order valence-corrected chi connectivity index (χ2v) is 4.82. The molecule has 0 saturated carbocycles. The van der Waals surface area contributed by atoms with Gasteiger partial charge >= 0.3 is 0 Å². The van der Waals surface area contributed by atoms with Crippen LogP contribution in [0.15, 0.2) is 36.7 Å². The fraction of sp³-hybridized carbons (Fsp3) is 0.267. The number of hydrogen-bond acceptors (Lipinski definition) is 3. The van der Waals surface area contributed by atoms with Crippen LogP contribution in [-0.2, 0) is 17.6 Å². The van der Waals surface area contributed by atoms with Crippen molar-refractivity contribution in [2.75, 3.05) is 6.54 Å². The molecule has 5 nitrogen and oxygen atoms in total. The summed E-state index contributed by atoms with van der Waals surface area (Å²) in [5.74, 6) is 0.576. The van der Waals surface area contributed by atoms with Gasteiger partial charge < -0.3 is 4.98 Å². The summed E-state index contributed by atoms with van der Waals surface area (Å²) in [6.45, 7) is 0.437. The first-order chi connectivity index (χ1) is 9.75. The standard InChI is InChI=1S/C15H15N3O2/c19-14-10-11-4-1-2-5-12(11)15(20)18(14)9-3-6-13-16-7-8-17-13/h1-2,4-5,7-8H,3,6,9-10H2,(H,16,17). The number of fused-ring (bicyclic) bond motifs is 1. The Morgan fingerprint density at radius 2 is 2.10 bits per heavy atom. The number of imide groups is 1. The topological polar surface area (TPSA) is 66.1 Å². The Bertz CT molecular complexity index is 634. The third kappa shape index (κ3) is 2.34. The molecule has 0 atom stereocenters. The fourth-order valence-electron chi connectivity index (χ4n) is 2.47. The second kappa shape index (κ2) is 5.28. The summed E-state index contributed by atoms with van der Waals surface area (Å²) < 4.78 is 0. The molecule has 102 valence electrons. The monoisotopic (exact) mass is 269 g/mol. The Kier molecular flexibility index (Phi) is 3.33. The van der Waals surface area contributed by atoms with Crippen LogP contribution in [0.5, 0.6) is 0 Å². The molecule has 0 bridgehead atoms. The lowest BCUT2D eigenvalue weighted by Gasteiger charge is -2.26. The van der Waals surface area contributed by atoms with Gasteiger partial charge in [0.15, 0.2) is 0 Å². The normalized spacial score (nSPS) is 14.5. The van der Waals surface area contributed by atoms with Crippen LogP contribution in [0.2, 0.25) is 0 Å². The Morgan fingerprint density at radius 1 is 1.25 bits per heavy atom. The van der Waals surface area contributed by atoms with E-state index in [9.17, 15) is 9.59 Å². The van der Waals surface area contributed by atoms with Crippen LogP contribution in [-0.4, -0.2) is 33.2 Å². The predicted molar refractivity (Wildman–Crippen MR) is 73.1 cm³/mol. The van der Waals surface area contributed by atoms with E-state index in [0.29, 0.717) is 24.9 Å². The van der Waals surface area contributed by atoms with Crippen LogP contribution in [0, 0.1) is 0 Å². The first-order valence-electron chi connectivity index (χ1n) is 6.66. The van der Waals surface area contributed by atoms with Gasteiger partial charge in [-0.2, -0.15) is 0 Å². The summed E-state index contributed by atoms with van der Waals surface area (Å²) >= 11 is 0. The Labute approximate surface area is 116 Å². The highest BCUT2D eigenvalue weighted by atomic mass is 16.2. The van der Waals surface area contributed by atoms with E-state index in [4.69, 9.17) is 0 Å². The minimum atomic E-state index is -0.184. The molecule has 0 fully saturated rings. The lowest BCUT2D eigenvalue weighted by atomic mass is 9.98. The number of aryl methyl sites for hydroxylation is 1. The van der Waals surface area contributed by atoms with Crippen molar-refractivity contribution < 1.29 is 9.59 Å². The van der Waals surface area contributed by atoms with Crippen LogP contribution in [0.4, 0.5) is 0 Å². The molecule has 0 unspecified atom stereocenters. The molecule has 5 heteroatoms. The number of carbonyl (C=O) groups excluding carboxylic acids is 2. The van der Waals surface area contributed by atoms with Crippen molar-refractivity contribution in [2.45, 2.75) is 19.3 Å². The average Bonchev–Trinajstić information content (AvgIpc) is 2.96. The summed E-state index contributed by atoms with van der Waals surface area (Å²) in [6, 6.07) is 7.30. The Hall–Kier alpha value is -2.43. The molecule has 1 aliphatic rings. The number of hydrogen-bond donors (Lipinski definition) is 1. The van der Waals surface area contributed by atoms with Crippen LogP contribution in [0.25, 0.3) is 0 Å². The van der Waals surface area contributed by atoms with E-state index in [1.807, 2.05) is 18.2 Å². The van der Waals surface area contributed by atoms with Crippen LogP contribution >= 0.6 is 0 Å². The third-order valence-electron chi connectivity index (χ3n) is 3.49. The number of amides is 2.